The Morgan fingerprint density at radius 2 is 2.13 bits per heavy atom. The van der Waals surface area contributed by atoms with Crippen LogP contribution in [-0.2, 0) is 0 Å². The SMILES string of the molecule is Cc1nc(N2CCC(C)(CN)CC2)n[nH]1. The smallest absolute Gasteiger partial charge is 0.244 e. The van der Waals surface area contributed by atoms with E-state index < -0.39 is 0 Å². The second-order valence-corrected chi connectivity index (χ2v) is 4.72. The molecule has 0 saturated carbocycles. The third-order valence-electron chi connectivity index (χ3n) is 3.33. The lowest BCUT2D eigenvalue weighted by molar-refractivity contribution is 0.257. The highest BCUT2D eigenvalue weighted by molar-refractivity contribution is 5.29. The minimum Gasteiger partial charge on any atom is -0.340 e. The van der Waals surface area contributed by atoms with Crippen molar-refractivity contribution in [2.75, 3.05) is 24.5 Å². The van der Waals surface area contributed by atoms with Crippen LogP contribution in [0.1, 0.15) is 25.6 Å². The first-order valence-corrected chi connectivity index (χ1v) is 5.47. The van der Waals surface area contributed by atoms with E-state index in [1.807, 2.05) is 6.92 Å². The van der Waals surface area contributed by atoms with Gasteiger partial charge in [0.05, 0.1) is 0 Å². The Hall–Kier alpha value is -1.10. The van der Waals surface area contributed by atoms with Crippen LogP contribution in [0, 0.1) is 12.3 Å². The number of piperidine rings is 1. The average molecular weight is 209 g/mol. The molecule has 84 valence electrons. The highest BCUT2D eigenvalue weighted by atomic mass is 15.4. The van der Waals surface area contributed by atoms with Gasteiger partial charge in [0.1, 0.15) is 5.82 Å². The fourth-order valence-corrected chi connectivity index (χ4v) is 1.92. The molecule has 0 bridgehead atoms. The van der Waals surface area contributed by atoms with Crippen molar-refractivity contribution in [3.63, 3.8) is 0 Å². The standard InChI is InChI=1S/C10H19N5/c1-8-12-9(14-13-8)15-5-3-10(2,7-11)4-6-15/h3-7,11H2,1-2H3,(H,12,13,14). The van der Waals surface area contributed by atoms with Crippen LogP contribution in [0.15, 0.2) is 0 Å². The first-order chi connectivity index (χ1) is 7.13. The van der Waals surface area contributed by atoms with Crippen LogP contribution in [0.5, 0.6) is 0 Å². The van der Waals surface area contributed by atoms with Gasteiger partial charge in [-0.15, -0.1) is 5.10 Å². The van der Waals surface area contributed by atoms with E-state index in [0.29, 0.717) is 5.41 Å². The largest absolute Gasteiger partial charge is 0.340 e. The van der Waals surface area contributed by atoms with Crippen molar-refractivity contribution in [3.05, 3.63) is 5.82 Å². The molecule has 0 aromatic carbocycles. The molecule has 5 heteroatoms. The number of aromatic amines is 1. The molecule has 15 heavy (non-hydrogen) atoms. The first-order valence-electron chi connectivity index (χ1n) is 5.47. The van der Waals surface area contributed by atoms with Gasteiger partial charge in [-0.25, -0.2) is 0 Å². The number of anilines is 1. The van der Waals surface area contributed by atoms with E-state index in [1.54, 1.807) is 0 Å². The van der Waals surface area contributed by atoms with Crippen LogP contribution in [-0.4, -0.2) is 34.8 Å². The van der Waals surface area contributed by atoms with Crippen molar-refractivity contribution in [2.24, 2.45) is 11.1 Å². The van der Waals surface area contributed by atoms with Gasteiger partial charge in [0.2, 0.25) is 5.95 Å². The highest BCUT2D eigenvalue weighted by Gasteiger charge is 2.29. The highest BCUT2D eigenvalue weighted by Crippen LogP contribution is 2.30. The second kappa shape index (κ2) is 3.81. The van der Waals surface area contributed by atoms with Gasteiger partial charge in [0, 0.05) is 13.1 Å². The molecule has 0 aliphatic carbocycles. The zero-order valence-electron chi connectivity index (χ0n) is 9.45. The van der Waals surface area contributed by atoms with Gasteiger partial charge in [-0.1, -0.05) is 6.92 Å². The van der Waals surface area contributed by atoms with E-state index >= 15 is 0 Å². The van der Waals surface area contributed by atoms with Crippen LogP contribution in [0.25, 0.3) is 0 Å². The molecule has 1 aliphatic rings. The van der Waals surface area contributed by atoms with E-state index in [4.69, 9.17) is 5.73 Å². The molecule has 2 rings (SSSR count). The van der Waals surface area contributed by atoms with Crippen molar-refractivity contribution in [1.29, 1.82) is 0 Å². The molecule has 1 aromatic rings. The predicted molar refractivity (Wildman–Crippen MR) is 59.7 cm³/mol. The summed E-state index contributed by atoms with van der Waals surface area (Å²) in [5.41, 5.74) is 6.08. The third-order valence-corrected chi connectivity index (χ3v) is 3.33. The van der Waals surface area contributed by atoms with Gasteiger partial charge in [-0.3, -0.25) is 5.10 Å². The number of nitrogens with zero attached hydrogens (tertiary/aromatic N) is 3. The summed E-state index contributed by atoms with van der Waals surface area (Å²) in [7, 11) is 0. The van der Waals surface area contributed by atoms with Crippen molar-refractivity contribution >= 4 is 5.95 Å². The number of H-pyrrole nitrogens is 1. The van der Waals surface area contributed by atoms with E-state index in [1.165, 1.54) is 0 Å². The van der Waals surface area contributed by atoms with Crippen molar-refractivity contribution < 1.29 is 0 Å². The summed E-state index contributed by atoms with van der Waals surface area (Å²) in [5.74, 6) is 1.70. The number of nitrogens with two attached hydrogens (primary N) is 1. The lowest BCUT2D eigenvalue weighted by Crippen LogP contribution is -2.42. The number of hydrogen-bond acceptors (Lipinski definition) is 4. The molecule has 1 aromatic heterocycles. The van der Waals surface area contributed by atoms with Gasteiger partial charge in [-0.05, 0) is 31.7 Å². The third kappa shape index (κ3) is 2.12. The average Bonchev–Trinajstić information content (AvgIpc) is 2.66. The Labute approximate surface area is 90.1 Å². The summed E-state index contributed by atoms with van der Waals surface area (Å²) in [4.78, 5) is 6.56. The fraction of sp³-hybridized carbons (Fsp3) is 0.800. The zero-order chi connectivity index (χ0) is 10.9. The van der Waals surface area contributed by atoms with Crippen LogP contribution in [0.2, 0.25) is 0 Å². The lowest BCUT2D eigenvalue weighted by atomic mass is 9.81. The van der Waals surface area contributed by atoms with E-state index in [2.05, 4.69) is 27.0 Å². The topological polar surface area (TPSA) is 70.8 Å². The number of rotatable bonds is 2. The summed E-state index contributed by atoms with van der Waals surface area (Å²) in [6, 6.07) is 0. The first kappa shape index (κ1) is 10.4. The number of aryl methyl sites for hydroxylation is 1. The molecular formula is C10H19N5. The van der Waals surface area contributed by atoms with Crippen molar-refractivity contribution in [2.45, 2.75) is 26.7 Å². The van der Waals surface area contributed by atoms with Gasteiger partial charge in [0.15, 0.2) is 0 Å². The summed E-state index contributed by atoms with van der Waals surface area (Å²) in [5, 5.41) is 7.04. The molecule has 5 nitrogen and oxygen atoms in total. The molecule has 2 heterocycles. The summed E-state index contributed by atoms with van der Waals surface area (Å²) in [6.45, 7) is 6.96. The Bertz CT molecular complexity index is 324. The Balaban J connectivity index is 1.99. The van der Waals surface area contributed by atoms with Crippen molar-refractivity contribution in [3.8, 4) is 0 Å². The summed E-state index contributed by atoms with van der Waals surface area (Å²) in [6.07, 6.45) is 2.24. The molecule has 1 aliphatic heterocycles. The molecule has 0 unspecified atom stereocenters. The molecule has 0 amide bonds. The van der Waals surface area contributed by atoms with Crippen LogP contribution >= 0.6 is 0 Å². The number of nitrogens with one attached hydrogen (secondary N) is 1. The van der Waals surface area contributed by atoms with Crippen LogP contribution < -0.4 is 10.6 Å². The minimum atomic E-state index is 0.307. The fourth-order valence-electron chi connectivity index (χ4n) is 1.92. The predicted octanol–water partition coefficient (Wildman–Crippen LogP) is 0.678. The monoisotopic (exact) mass is 209 g/mol. The van der Waals surface area contributed by atoms with E-state index in [9.17, 15) is 0 Å². The summed E-state index contributed by atoms with van der Waals surface area (Å²) < 4.78 is 0. The van der Waals surface area contributed by atoms with E-state index in [0.717, 1.165) is 44.2 Å². The summed E-state index contributed by atoms with van der Waals surface area (Å²) >= 11 is 0. The lowest BCUT2D eigenvalue weighted by Gasteiger charge is -2.38. The quantitative estimate of drug-likeness (QED) is 0.751. The molecule has 0 spiro atoms. The van der Waals surface area contributed by atoms with Crippen LogP contribution in [0.3, 0.4) is 0 Å². The Morgan fingerprint density at radius 3 is 2.60 bits per heavy atom. The van der Waals surface area contributed by atoms with Gasteiger partial charge < -0.3 is 10.6 Å². The zero-order valence-corrected chi connectivity index (χ0v) is 9.45. The maximum atomic E-state index is 5.77. The molecule has 0 atom stereocenters. The van der Waals surface area contributed by atoms with Gasteiger partial charge >= 0.3 is 0 Å². The molecule has 0 radical (unpaired) electrons. The van der Waals surface area contributed by atoms with Crippen molar-refractivity contribution in [1.82, 2.24) is 15.2 Å². The normalized spacial score (nSPS) is 20.6. The second-order valence-electron chi connectivity index (χ2n) is 4.72. The molecule has 1 saturated heterocycles. The Kier molecular flexibility index (Phi) is 2.65. The maximum Gasteiger partial charge on any atom is 0.244 e. The Morgan fingerprint density at radius 1 is 1.47 bits per heavy atom. The molecule has 3 N–H and O–H groups in total. The number of hydrogen-bond donors (Lipinski definition) is 2. The van der Waals surface area contributed by atoms with Crippen LogP contribution in [0.4, 0.5) is 5.95 Å². The number of aromatic nitrogens is 3. The van der Waals surface area contributed by atoms with Gasteiger partial charge in [0.25, 0.3) is 0 Å². The molecule has 1 fully saturated rings. The van der Waals surface area contributed by atoms with E-state index in [-0.39, 0.29) is 0 Å². The minimum absolute atomic E-state index is 0.307. The molecular weight excluding hydrogens is 190 g/mol. The maximum absolute atomic E-state index is 5.77. The van der Waals surface area contributed by atoms with Gasteiger partial charge in [-0.2, -0.15) is 4.98 Å².